The summed E-state index contributed by atoms with van der Waals surface area (Å²) < 4.78 is 5.50. The molecule has 1 aromatic rings. The number of hydrogen-bond donors (Lipinski definition) is 0. The SMILES string of the molecule is CCCN(Cc1ccc(C#N)cc1)C(=O)C1=C(C)OCCS1. The van der Waals surface area contributed by atoms with E-state index < -0.39 is 0 Å². The molecule has 4 nitrogen and oxygen atoms in total. The van der Waals surface area contributed by atoms with Crippen LogP contribution in [0.5, 0.6) is 0 Å². The predicted octanol–water partition coefficient (Wildman–Crippen LogP) is 3.29. The van der Waals surface area contributed by atoms with Crippen molar-refractivity contribution >= 4 is 17.7 Å². The van der Waals surface area contributed by atoms with Gasteiger partial charge in [-0.1, -0.05) is 19.1 Å². The van der Waals surface area contributed by atoms with Crippen molar-refractivity contribution in [3.05, 3.63) is 46.1 Å². The van der Waals surface area contributed by atoms with E-state index in [9.17, 15) is 4.79 Å². The topological polar surface area (TPSA) is 53.3 Å². The van der Waals surface area contributed by atoms with E-state index in [0.29, 0.717) is 30.2 Å². The van der Waals surface area contributed by atoms with Gasteiger partial charge in [-0.2, -0.15) is 5.26 Å². The molecule has 0 aromatic heterocycles. The highest BCUT2D eigenvalue weighted by molar-refractivity contribution is 8.04. The molecule has 1 amide bonds. The quantitative estimate of drug-likeness (QED) is 0.836. The van der Waals surface area contributed by atoms with Crippen molar-refractivity contribution in [3.8, 4) is 6.07 Å². The molecule has 0 N–H and O–H groups in total. The molecule has 1 aliphatic heterocycles. The van der Waals surface area contributed by atoms with Gasteiger partial charge in [-0.05, 0) is 31.0 Å². The van der Waals surface area contributed by atoms with E-state index in [1.54, 1.807) is 23.9 Å². The average molecular weight is 316 g/mol. The minimum atomic E-state index is 0.0356. The minimum absolute atomic E-state index is 0.0356. The van der Waals surface area contributed by atoms with Crippen LogP contribution in [0.3, 0.4) is 0 Å². The molecule has 0 saturated heterocycles. The fourth-order valence-corrected chi connectivity index (χ4v) is 3.17. The Morgan fingerprint density at radius 2 is 2.14 bits per heavy atom. The number of allylic oxidation sites excluding steroid dienone is 1. The summed E-state index contributed by atoms with van der Waals surface area (Å²) in [5.74, 6) is 1.57. The fraction of sp³-hybridized carbons (Fsp3) is 0.412. The molecule has 5 heteroatoms. The largest absolute Gasteiger partial charge is 0.496 e. The molecule has 0 bridgehead atoms. The Hall–Kier alpha value is -1.93. The molecule has 0 unspecified atom stereocenters. The zero-order valence-corrected chi connectivity index (χ0v) is 13.8. The number of carbonyl (C=O) groups excluding carboxylic acids is 1. The Morgan fingerprint density at radius 3 is 2.73 bits per heavy atom. The highest BCUT2D eigenvalue weighted by atomic mass is 32.2. The summed E-state index contributed by atoms with van der Waals surface area (Å²) in [5.41, 5.74) is 1.66. The lowest BCUT2D eigenvalue weighted by molar-refractivity contribution is -0.127. The van der Waals surface area contributed by atoms with Crippen LogP contribution in [0.1, 0.15) is 31.4 Å². The molecule has 1 aromatic carbocycles. The van der Waals surface area contributed by atoms with E-state index in [4.69, 9.17) is 10.00 Å². The van der Waals surface area contributed by atoms with Gasteiger partial charge in [0.25, 0.3) is 5.91 Å². The zero-order chi connectivity index (χ0) is 15.9. The van der Waals surface area contributed by atoms with Crippen LogP contribution in [0.4, 0.5) is 0 Å². The van der Waals surface area contributed by atoms with Gasteiger partial charge in [-0.25, -0.2) is 0 Å². The number of nitriles is 1. The second-order valence-corrected chi connectivity index (χ2v) is 6.22. The summed E-state index contributed by atoms with van der Waals surface area (Å²) in [6.07, 6.45) is 0.903. The third kappa shape index (κ3) is 4.05. The highest BCUT2D eigenvalue weighted by Crippen LogP contribution is 2.27. The van der Waals surface area contributed by atoms with E-state index in [2.05, 4.69) is 13.0 Å². The molecule has 2 rings (SSSR count). The Kier molecular flexibility index (Phi) is 5.91. The third-order valence-corrected chi connectivity index (χ3v) is 4.52. The molecule has 1 aliphatic rings. The van der Waals surface area contributed by atoms with E-state index >= 15 is 0 Å². The van der Waals surface area contributed by atoms with Crippen LogP contribution in [0.2, 0.25) is 0 Å². The standard InChI is InChI=1S/C17H20N2O2S/c1-3-8-19(12-15-6-4-14(11-18)5-7-15)17(20)16-13(2)21-9-10-22-16/h4-7H,3,8-10,12H2,1-2H3. The van der Waals surface area contributed by atoms with Crippen molar-refractivity contribution in [1.29, 1.82) is 5.26 Å². The maximum absolute atomic E-state index is 12.7. The number of amides is 1. The summed E-state index contributed by atoms with van der Waals surface area (Å²) >= 11 is 1.57. The summed E-state index contributed by atoms with van der Waals surface area (Å²) in [7, 11) is 0. The van der Waals surface area contributed by atoms with Gasteiger partial charge in [0, 0.05) is 18.8 Å². The first-order valence-electron chi connectivity index (χ1n) is 7.40. The van der Waals surface area contributed by atoms with Crippen LogP contribution >= 0.6 is 11.8 Å². The number of ether oxygens (including phenoxy) is 1. The lowest BCUT2D eigenvalue weighted by Gasteiger charge is -2.26. The first-order chi connectivity index (χ1) is 10.7. The molecule has 0 spiro atoms. The molecular weight excluding hydrogens is 296 g/mol. The molecule has 116 valence electrons. The number of nitrogens with zero attached hydrogens (tertiary/aromatic N) is 2. The summed E-state index contributed by atoms with van der Waals surface area (Å²) in [6, 6.07) is 9.48. The predicted molar refractivity (Wildman–Crippen MR) is 88.0 cm³/mol. The van der Waals surface area contributed by atoms with Crippen LogP contribution in [0.25, 0.3) is 0 Å². The van der Waals surface area contributed by atoms with Gasteiger partial charge in [-0.15, -0.1) is 11.8 Å². The molecule has 0 aliphatic carbocycles. The Morgan fingerprint density at radius 1 is 1.41 bits per heavy atom. The molecule has 0 radical (unpaired) electrons. The number of carbonyl (C=O) groups is 1. The Balaban J connectivity index is 2.15. The number of rotatable bonds is 5. The lowest BCUT2D eigenvalue weighted by Crippen LogP contribution is -2.33. The van der Waals surface area contributed by atoms with Crippen LogP contribution in [0, 0.1) is 11.3 Å². The highest BCUT2D eigenvalue weighted by Gasteiger charge is 2.23. The smallest absolute Gasteiger partial charge is 0.264 e. The van der Waals surface area contributed by atoms with E-state index in [-0.39, 0.29) is 5.91 Å². The van der Waals surface area contributed by atoms with Gasteiger partial charge in [0.2, 0.25) is 0 Å². The van der Waals surface area contributed by atoms with E-state index in [0.717, 1.165) is 23.5 Å². The fourth-order valence-electron chi connectivity index (χ4n) is 2.29. The molecule has 0 saturated carbocycles. The first-order valence-corrected chi connectivity index (χ1v) is 8.39. The monoisotopic (exact) mass is 316 g/mol. The number of benzene rings is 1. The second kappa shape index (κ2) is 7.90. The summed E-state index contributed by atoms with van der Waals surface area (Å²) in [4.78, 5) is 15.3. The van der Waals surface area contributed by atoms with Crippen LogP contribution in [-0.2, 0) is 16.1 Å². The van der Waals surface area contributed by atoms with Crippen molar-refractivity contribution in [1.82, 2.24) is 4.90 Å². The molecule has 0 atom stereocenters. The van der Waals surface area contributed by atoms with Gasteiger partial charge < -0.3 is 9.64 Å². The van der Waals surface area contributed by atoms with Crippen molar-refractivity contribution in [2.75, 3.05) is 18.9 Å². The van der Waals surface area contributed by atoms with Crippen LogP contribution < -0.4 is 0 Å². The molecular formula is C17H20N2O2S. The summed E-state index contributed by atoms with van der Waals surface area (Å²) in [6.45, 7) is 5.83. The van der Waals surface area contributed by atoms with Gasteiger partial charge in [0.05, 0.1) is 18.2 Å². The normalized spacial score (nSPS) is 14.2. The third-order valence-electron chi connectivity index (χ3n) is 3.40. The maximum Gasteiger partial charge on any atom is 0.264 e. The Labute approximate surface area is 135 Å². The molecule has 0 fully saturated rings. The molecule has 1 heterocycles. The van der Waals surface area contributed by atoms with Gasteiger partial charge in [-0.3, -0.25) is 4.79 Å². The number of hydrogen-bond acceptors (Lipinski definition) is 4. The van der Waals surface area contributed by atoms with E-state index in [1.807, 2.05) is 24.0 Å². The van der Waals surface area contributed by atoms with E-state index in [1.165, 1.54) is 0 Å². The first kappa shape index (κ1) is 16.4. The van der Waals surface area contributed by atoms with Gasteiger partial charge >= 0.3 is 0 Å². The van der Waals surface area contributed by atoms with Crippen molar-refractivity contribution in [2.24, 2.45) is 0 Å². The van der Waals surface area contributed by atoms with Crippen LogP contribution in [-0.4, -0.2) is 29.7 Å². The van der Waals surface area contributed by atoms with Crippen molar-refractivity contribution in [3.63, 3.8) is 0 Å². The van der Waals surface area contributed by atoms with Crippen molar-refractivity contribution < 1.29 is 9.53 Å². The molecule has 22 heavy (non-hydrogen) atoms. The van der Waals surface area contributed by atoms with Gasteiger partial charge in [0.15, 0.2) is 0 Å². The van der Waals surface area contributed by atoms with Gasteiger partial charge in [0.1, 0.15) is 10.7 Å². The van der Waals surface area contributed by atoms with Crippen molar-refractivity contribution in [2.45, 2.75) is 26.8 Å². The average Bonchev–Trinajstić information content (AvgIpc) is 2.55. The Bertz CT molecular complexity index is 602. The lowest BCUT2D eigenvalue weighted by atomic mass is 10.1. The second-order valence-electron chi connectivity index (χ2n) is 5.12. The maximum atomic E-state index is 12.7. The van der Waals surface area contributed by atoms with Crippen LogP contribution in [0.15, 0.2) is 34.9 Å². The minimum Gasteiger partial charge on any atom is -0.496 e. The zero-order valence-electron chi connectivity index (χ0n) is 13.0. The number of thioether (sulfide) groups is 1. The summed E-state index contributed by atoms with van der Waals surface area (Å²) in [5, 5.41) is 8.84.